The highest BCUT2D eigenvalue weighted by atomic mass is 16.3. The van der Waals surface area contributed by atoms with Gasteiger partial charge in [0.1, 0.15) is 11.2 Å². The van der Waals surface area contributed by atoms with Crippen molar-refractivity contribution < 1.29 is 8.83 Å². The van der Waals surface area contributed by atoms with Crippen molar-refractivity contribution in [2.75, 3.05) is 9.80 Å². The van der Waals surface area contributed by atoms with Crippen LogP contribution >= 0.6 is 0 Å². The molecular formula is C78H68N2O2. The predicted molar refractivity (Wildman–Crippen MR) is 351 cm³/mol. The Morgan fingerprint density at radius 3 is 0.988 bits per heavy atom. The van der Waals surface area contributed by atoms with Crippen molar-refractivity contribution in [2.45, 2.75) is 92.9 Å². The molecular weight excluding hydrogens is 997 g/mol. The minimum atomic E-state index is 0.211. The number of furan rings is 2. The Bertz CT molecular complexity index is 4470. The van der Waals surface area contributed by atoms with Gasteiger partial charge >= 0.3 is 0 Å². The fraction of sp³-hybridized carbons (Fsp3) is 0.179. The van der Waals surface area contributed by atoms with Gasteiger partial charge in [0.25, 0.3) is 0 Å². The molecule has 0 spiro atoms. The first-order chi connectivity index (χ1) is 39.8. The number of nitrogens with zero attached hydrogens (tertiary/aromatic N) is 2. The number of benzene rings is 12. The SMILES string of the molecule is Cc1ccccc1-c1cccc2c1oc1c(N(c3ccc(C(C)C)cc3)c3cc(C(C)C)c4ccc5c(N(c6ccc(C(C)C)cc6)c6cccc7c6oc6c(-c8ccccc8C)cccc67)cc(C(C)C)c6ccc3c4c65)cccc12. The van der Waals surface area contributed by atoms with Gasteiger partial charge in [-0.25, -0.2) is 0 Å². The molecule has 14 aromatic rings. The van der Waals surface area contributed by atoms with Gasteiger partial charge in [0.2, 0.25) is 0 Å². The van der Waals surface area contributed by atoms with Crippen molar-refractivity contribution in [3.05, 3.63) is 240 Å². The van der Waals surface area contributed by atoms with Crippen molar-refractivity contribution in [3.8, 4) is 22.3 Å². The highest BCUT2D eigenvalue weighted by Gasteiger charge is 2.29. The second kappa shape index (κ2) is 19.8. The van der Waals surface area contributed by atoms with E-state index in [4.69, 9.17) is 8.83 Å². The number of fused-ring (bicyclic) bond motifs is 6. The van der Waals surface area contributed by atoms with Crippen molar-refractivity contribution in [2.24, 2.45) is 0 Å². The van der Waals surface area contributed by atoms with Gasteiger partial charge in [-0.1, -0.05) is 213 Å². The number of anilines is 6. The molecule has 82 heavy (non-hydrogen) atoms. The van der Waals surface area contributed by atoms with Crippen LogP contribution < -0.4 is 9.80 Å². The molecule has 0 saturated heterocycles. The van der Waals surface area contributed by atoms with Crippen molar-refractivity contribution in [1.29, 1.82) is 0 Å². The Morgan fingerprint density at radius 1 is 0.280 bits per heavy atom. The van der Waals surface area contributed by atoms with Gasteiger partial charge in [-0.05, 0) is 152 Å². The summed E-state index contributed by atoms with van der Waals surface area (Å²) >= 11 is 0. The highest BCUT2D eigenvalue weighted by molar-refractivity contribution is 6.30. The maximum Gasteiger partial charge on any atom is 0.159 e. The summed E-state index contributed by atoms with van der Waals surface area (Å²) in [4.78, 5) is 4.97. The molecule has 0 atom stereocenters. The summed E-state index contributed by atoms with van der Waals surface area (Å²) in [6, 6.07) is 76.8. The summed E-state index contributed by atoms with van der Waals surface area (Å²) in [6.07, 6.45) is 0. The van der Waals surface area contributed by atoms with E-state index in [1.165, 1.54) is 76.8 Å². The molecule has 0 N–H and O–H groups in total. The van der Waals surface area contributed by atoms with Crippen LogP contribution in [0.5, 0.6) is 0 Å². The molecule has 2 aromatic heterocycles. The molecule has 0 aliphatic heterocycles. The van der Waals surface area contributed by atoms with Gasteiger partial charge in [0, 0.05) is 54.8 Å². The normalized spacial score (nSPS) is 12.2. The first-order valence-electron chi connectivity index (χ1n) is 29.4. The monoisotopic (exact) mass is 1060 g/mol. The Kier molecular flexibility index (Phi) is 12.4. The van der Waals surface area contributed by atoms with Gasteiger partial charge in [-0.2, -0.15) is 0 Å². The smallest absolute Gasteiger partial charge is 0.159 e. The molecule has 0 unspecified atom stereocenters. The highest BCUT2D eigenvalue weighted by Crippen LogP contribution is 2.54. The van der Waals surface area contributed by atoms with Crippen LogP contribution in [0.1, 0.15) is 112 Å². The van der Waals surface area contributed by atoms with Gasteiger partial charge < -0.3 is 18.6 Å². The van der Waals surface area contributed by atoms with Crippen molar-refractivity contribution in [1.82, 2.24) is 0 Å². The Balaban J connectivity index is 1.07. The summed E-state index contributed by atoms with van der Waals surface area (Å²) in [5.41, 5.74) is 22.1. The average Bonchev–Trinajstić information content (AvgIpc) is 1.47. The number of para-hydroxylation sites is 4. The van der Waals surface area contributed by atoms with Crippen LogP contribution in [0.15, 0.2) is 215 Å². The third-order valence-corrected chi connectivity index (χ3v) is 17.6. The standard InChI is InChI=1S/C78H68N2O2/c1-45(2)51-31-35-53(36-32-51)79(69-29-17-27-63-61-25-15-23-59(75(61)81-77(63)69)55-21-13-11-19-49(55)9)71-43-67(47(5)6)57-40-42-66-72(44-68(48(7)8)58-39-41-65(71)73(57)74(58)66)80(54-37-33-52(34-38-54)46(3)4)70-30-18-28-64-62-26-16-24-60(76(62)82-78(64)70)56-22-14-12-20-50(56)10/h11-48H,1-10H3. The third kappa shape index (κ3) is 8.09. The van der Waals surface area contributed by atoms with Gasteiger partial charge in [0.15, 0.2) is 11.2 Å². The molecule has 14 rings (SSSR count). The van der Waals surface area contributed by atoms with Crippen LogP contribution in [0.25, 0.3) is 98.4 Å². The molecule has 4 heteroatoms. The molecule has 0 radical (unpaired) electrons. The number of hydrogen-bond donors (Lipinski definition) is 0. The molecule has 0 saturated carbocycles. The van der Waals surface area contributed by atoms with Crippen LogP contribution in [-0.2, 0) is 0 Å². The lowest BCUT2D eigenvalue weighted by Crippen LogP contribution is -2.13. The quantitative estimate of drug-likeness (QED) is 0.114. The van der Waals surface area contributed by atoms with E-state index in [1.54, 1.807) is 0 Å². The topological polar surface area (TPSA) is 32.8 Å². The maximum absolute atomic E-state index is 7.33. The molecule has 402 valence electrons. The number of rotatable bonds is 12. The zero-order chi connectivity index (χ0) is 56.2. The molecule has 2 heterocycles. The van der Waals surface area contributed by atoms with Crippen LogP contribution in [0.2, 0.25) is 0 Å². The van der Waals surface area contributed by atoms with Crippen molar-refractivity contribution in [3.63, 3.8) is 0 Å². The fourth-order valence-corrected chi connectivity index (χ4v) is 13.3. The van der Waals surface area contributed by atoms with E-state index in [0.29, 0.717) is 11.8 Å². The first-order valence-corrected chi connectivity index (χ1v) is 29.4. The second-order valence-corrected chi connectivity index (χ2v) is 24.0. The van der Waals surface area contributed by atoms with Crippen LogP contribution in [0.3, 0.4) is 0 Å². The zero-order valence-corrected chi connectivity index (χ0v) is 48.7. The molecule has 0 aliphatic carbocycles. The van der Waals surface area contributed by atoms with Crippen LogP contribution in [0.4, 0.5) is 34.1 Å². The third-order valence-electron chi connectivity index (χ3n) is 17.6. The van der Waals surface area contributed by atoms with Crippen LogP contribution in [0, 0.1) is 13.8 Å². The summed E-state index contributed by atoms with van der Waals surface area (Å²) in [5.74, 6) is 1.19. The average molecular weight is 1070 g/mol. The maximum atomic E-state index is 7.33. The Morgan fingerprint density at radius 2 is 0.622 bits per heavy atom. The molecule has 0 amide bonds. The minimum absolute atomic E-state index is 0.211. The molecule has 0 aliphatic rings. The lowest BCUT2D eigenvalue weighted by atomic mass is 9.84. The predicted octanol–water partition coefficient (Wildman–Crippen LogP) is 23.8. The lowest BCUT2D eigenvalue weighted by molar-refractivity contribution is 0.670. The lowest BCUT2D eigenvalue weighted by Gasteiger charge is -2.31. The Labute approximate surface area is 481 Å². The Hall–Kier alpha value is -9.12. The molecule has 0 bridgehead atoms. The van der Waals surface area contributed by atoms with E-state index in [-0.39, 0.29) is 11.8 Å². The first kappa shape index (κ1) is 51.1. The summed E-state index contributed by atoms with van der Waals surface area (Å²) in [6.45, 7) is 22.8. The number of aryl methyl sites for hydroxylation is 2. The second-order valence-electron chi connectivity index (χ2n) is 24.0. The molecule has 4 nitrogen and oxygen atoms in total. The van der Waals surface area contributed by atoms with Crippen LogP contribution in [-0.4, -0.2) is 0 Å². The summed E-state index contributed by atoms with van der Waals surface area (Å²) in [7, 11) is 0. The van der Waals surface area contributed by atoms with E-state index >= 15 is 0 Å². The van der Waals surface area contributed by atoms with E-state index < -0.39 is 0 Å². The summed E-state index contributed by atoms with van der Waals surface area (Å²) < 4.78 is 14.7. The zero-order valence-electron chi connectivity index (χ0n) is 48.7. The minimum Gasteiger partial charge on any atom is -0.453 e. The largest absolute Gasteiger partial charge is 0.453 e. The van der Waals surface area contributed by atoms with E-state index in [9.17, 15) is 0 Å². The van der Waals surface area contributed by atoms with Gasteiger partial charge in [-0.15, -0.1) is 0 Å². The van der Waals surface area contributed by atoms with Crippen molar-refractivity contribution >= 4 is 110 Å². The van der Waals surface area contributed by atoms with Gasteiger partial charge in [-0.3, -0.25) is 0 Å². The van der Waals surface area contributed by atoms with E-state index in [1.807, 2.05) is 0 Å². The molecule has 12 aromatic carbocycles. The molecule has 0 fully saturated rings. The van der Waals surface area contributed by atoms with Gasteiger partial charge in [0.05, 0.1) is 22.7 Å². The van der Waals surface area contributed by atoms with E-state index in [0.717, 1.165) is 89.1 Å². The fourth-order valence-electron chi connectivity index (χ4n) is 13.3. The van der Waals surface area contributed by atoms with E-state index in [2.05, 4.69) is 285 Å². The number of hydrogen-bond acceptors (Lipinski definition) is 4. The summed E-state index contributed by atoms with van der Waals surface area (Å²) in [5, 5.41) is 11.8.